The number of hydrogen-bond donors (Lipinski definition) is 6. The van der Waals surface area contributed by atoms with Gasteiger partial charge in [0, 0.05) is 42.7 Å². The molecule has 742 valence electrons. The number of carbonyl (C=O) groups is 9. The molecular weight excluding hydrogens is 1800 g/mol. The molecule has 41 nitrogen and oxygen atoms in total. The van der Waals surface area contributed by atoms with Gasteiger partial charge < -0.3 is 112 Å². The second-order valence-electron chi connectivity index (χ2n) is 39.1. The van der Waals surface area contributed by atoms with Crippen LogP contribution in [0, 0.1) is 37.0 Å². The first-order valence-corrected chi connectivity index (χ1v) is 45.1. The number of amides is 4. The van der Waals surface area contributed by atoms with E-state index in [9.17, 15) is 73.2 Å². The monoisotopic (exact) mass is 1920 g/mol. The van der Waals surface area contributed by atoms with Crippen LogP contribution in [0.25, 0.3) is 0 Å². The van der Waals surface area contributed by atoms with Gasteiger partial charge in [-0.15, -0.1) is 19.3 Å². The zero-order valence-electron chi connectivity index (χ0n) is 80.0. The van der Waals surface area contributed by atoms with Gasteiger partial charge in [-0.05, 0) is 185 Å². The highest BCUT2D eigenvalue weighted by atomic mass is 35.5. The average Bonchev–Trinajstić information content (AvgIpc) is 1.55. The number of anilines is 2. The van der Waals surface area contributed by atoms with Gasteiger partial charge in [-0.3, -0.25) is 67.1 Å². The summed E-state index contributed by atoms with van der Waals surface area (Å²) in [6, 6.07) is 2.87. The van der Waals surface area contributed by atoms with Gasteiger partial charge in [0.1, 0.15) is 93.1 Å². The number of ether oxygens (including phenoxy) is 16. The minimum absolute atomic E-state index is 0.00908. The third-order valence-corrected chi connectivity index (χ3v) is 27.1. The number of nitrogen functional groups attached to an aromatic ring is 2. The molecule has 0 spiro atoms. The summed E-state index contributed by atoms with van der Waals surface area (Å²) in [5.41, 5.74) is -2.26. The first-order chi connectivity index (χ1) is 63.1. The highest BCUT2D eigenvalue weighted by Crippen LogP contribution is 2.60. The van der Waals surface area contributed by atoms with Gasteiger partial charge in [-0.1, -0.05) is 64.0 Å². The van der Waals surface area contributed by atoms with Gasteiger partial charge in [0.25, 0.3) is 0 Å². The molecule has 0 aliphatic carbocycles. The molecule has 11 saturated heterocycles. The summed E-state index contributed by atoms with van der Waals surface area (Å²) in [5.74, 6) is 1.12. The number of aliphatic hydroxyl groups is 4. The van der Waals surface area contributed by atoms with Crippen LogP contribution in [-0.4, -0.2) is 283 Å². The molecule has 136 heavy (non-hydrogen) atoms. The van der Waals surface area contributed by atoms with E-state index in [1.807, 2.05) is 104 Å². The smallest absolute Gasteiger partial charge is 0.351 e. The number of halogens is 1. The van der Waals surface area contributed by atoms with Crippen molar-refractivity contribution in [3.63, 3.8) is 0 Å². The Morgan fingerprint density at radius 2 is 0.713 bits per heavy atom. The molecule has 15 aliphatic heterocycles. The molecule has 42 heteroatoms. The summed E-state index contributed by atoms with van der Waals surface area (Å²) in [6.45, 7) is 37.0. The lowest BCUT2D eigenvalue weighted by molar-refractivity contribution is -0.243. The Kier molecular flexibility index (Phi) is 28.6. The SMILES string of the molecule is C#C[C@]1(CC)O[C@@H](N2C=CC(=O)CC2=O)[C@]2(C)OC(C)(C)O[C@@H]21.C#C[C@]1(CC)O[C@@H](n2ccc(N)nc2=O)[C@]2(C)OC(C)(C)O[C@@H]21.C#C[C@]1(CO)O[C@@H](n2ccc(N)nc2=O)[C@](C)(O)[C@@H]1O.CC[C@@]1(C=CCl)O[C@@H](N2C=CC(=O)CC2=O)[C@]2(C)OC(C)(C)O[C@@H]21.CC[C@@]1(C=O)O[C@@H](N2C=CC(=O)CC2=O)[C@]2(C)OC(C)(C)O[C@@H]21.CC[C@@]1(CO)O[C@@H](N2C=CC(=O)CC2=O)[C@]2(C)OC(C)(C)O[C@H]12. The van der Waals surface area contributed by atoms with Gasteiger partial charge in [0.05, 0.1) is 38.9 Å². The Labute approximate surface area is 791 Å². The summed E-state index contributed by atoms with van der Waals surface area (Å²) in [6.07, 6.45) is 25.6. The topological polar surface area (TPSA) is 517 Å². The fourth-order valence-electron chi connectivity index (χ4n) is 20.8. The Morgan fingerprint density at radius 3 is 1.02 bits per heavy atom. The fourth-order valence-corrected chi connectivity index (χ4v) is 21.0. The number of nitrogens with zero attached hydrogens (tertiary/aromatic N) is 8. The van der Waals surface area contributed by atoms with Crippen molar-refractivity contribution in [3.8, 4) is 37.0 Å². The third kappa shape index (κ3) is 18.2. The third-order valence-electron chi connectivity index (χ3n) is 27.0. The van der Waals surface area contributed by atoms with Crippen LogP contribution in [0.4, 0.5) is 11.6 Å². The van der Waals surface area contributed by atoms with Gasteiger partial charge >= 0.3 is 11.4 Å². The average molecular weight is 1920 g/mol. The minimum Gasteiger partial charge on any atom is -0.393 e. The van der Waals surface area contributed by atoms with E-state index in [2.05, 4.69) is 27.7 Å². The number of aliphatic hydroxyl groups excluding tert-OH is 3. The van der Waals surface area contributed by atoms with E-state index in [0.29, 0.717) is 32.1 Å². The number of allylic oxidation sites excluding steroid dienone is 4. The Balaban J connectivity index is 0.000000147. The van der Waals surface area contributed by atoms with Crippen LogP contribution in [0.3, 0.4) is 0 Å². The second kappa shape index (κ2) is 36.9. The number of terminal acetylenes is 3. The molecule has 4 amide bonds. The van der Waals surface area contributed by atoms with Crippen molar-refractivity contribution in [2.45, 2.75) is 373 Å². The first kappa shape index (κ1) is 105. The maximum Gasteiger partial charge on any atom is 0.351 e. The van der Waals surface area contributed by atoms with E-state index >= 15 is 0 Å². The van der Waals surface area contributed by atoms with Crippen molar-refractivity contribution in [1.82, 2.24) is 38.7 Å². The van der Waals surface area contributed by atoms with Gasteiger partial charge in [0.2, 0.25) is 23.6 Å². The molecule has 2 aromatic heterocycles. The zero-order valence-corrected chi connectivity index (χ0v) is 80.8. The zero-order chi connectivity index (χ0) is 101. The number of hydrogen-bond acceptors (Lipinski definition) is 35. The molecule has 8 N–H and O–H groups in total. The van der Waals surface area contributed by atoms with Crippen molar-refractivity contribution in [2.24, 2.45) is 0 Å². The molecule has 24 atom stereocenters. The number of aldehydes is 1. The second-order valence-corrected chi connectivity index (χ2v) is 39.3. The van der Waals surface area contributed by atoms with Crippen molar-refractivity contribution < 1.29 is 139 Å². The van der Waals surface area contributed by atoms with Crippen LogP contribution in [0.5, 0.6) is 0 Å². The molecule has 0 radical (unpaired) electrons. The van der Waals surface area contributed by atoms with E-state index < -0.39 is 188 Å². The number of nitrogens with two attached hydrogens (primary N) is 2. The number of fused-ring (bicyclic) bond motifs is 5. The normalized spacial score (nSPS) is 40.6. The van der Waals surface area contributed by atoms with Crippen LogP contribution >= 0.6 is 11.6 Å². The number of rotatable bonds is 15. The number of ketones is 4. The lowest BCUT2D eigenvalue weighted by Gasteiger charge is -2.37. The molecule has 0 bridgehead atoms. The molecule has 11 fully saturated rings. The van der Waals surface area contributed by atoms with E-state index in [0.717, 1.165) is 10.9 Å². The molecule has 0 aromatic carbocycles. The van der Waals surface area contributed by atoms with Gasteiger partial charge in [0.15, 0.2) is 118 Å². The molecule has 0 unspecified atom stereocenters. The van der Waals surface area contributed by atoms with Crippen molar-refractivity contribution in [3.05, 3.63) is 106 Å². The standard InChI is InChI=1S/C17H22ClNO5.C17H21NO5.C16H21N3O4.C16H23NO6.C16H21NO6.C12H15N3O5/c1-5-17(7-8-18)13-16(4,24-15(2,3)22-13)14(23-17)19-9-6-11(20)10-12(19)21;1-6-17(7-2)13-16(5,23-15(3,4)21-13)14(22-17)18-9-8-11(19)10-12(18)20;1-6-16(7-2)11-15(5,23-14(3,4)21-11)12(22-16)19-9-8-10(17)18-13(19)20;2*1-5-16(9-18)12-15(4,23-14(2,3)21-12)13(22-16)17-7-6-10(19)8-11(17)20;1-3-12(6-16)8(17)11(2,19)9(20-12)15-5-4-7(13)14-10(15)18/h6-9,13-14H,5,10H2,1-4H3;1,8-9,13-14H,7,10H2,2-5H3;1,8-9,11-12H,7H2,2-5H3,(H2,17,18,20);6-7,12-13,18H,5,8-9H2,1-4H3;6-7,9,12-13H,5,8H2,1-4H3;1,4-5,8-9,16-17,19H,6H2,2H3,(H2,13,14,18)/t13-,14+,16+,17-;13-,14+,16+,17+;11-,12+,15+,16+;2*12-,13+,15+,16-;8-,9+,11+,12+/m000000/s1. The highest BCUT2D eigenvalue weighted by molar-refractivity contribution is 6.25. The Morgan fingerprint density at radius 1 is 0.412 bits per heavy atom. The molecule has 17 rings (SSSR count). The van der Waals surface area contributed by atoms with Crippen molar-refractivity contribution in [2.75, 3.05) is 24.7 Å². The summed E-state index contributed by atoms with van der Waals surface area (Å²) in [7, 11) is 0. The highest BCUT2D eigenvalue weighted by Gasteiger charge is 2.76. The van der Waals surface area contributed by atoms with Crippen LogP contribution in [0.15, 0.2) is 94.8 Å². The first-order valence-electron chi connectivity index (χ1n) is 44.7. The summed E-state index contributed by atoms with van der Waals surface area (Å²) < 4.78 is 98.9. The predicted molar refractivity (Wildman–Crippen MR) is 476 cm³/mol. The van der Waals surface area contributed by atoms with E-state index in [1.54, 1.807) is 40.7 Å². The van der Waals surface area contributed by atoms with Gasteiger partial charge in [-0.25, -0.2) is 9.59 Å². The van der Waals surface area contributed by atoms with E-state index in [-0.39, 0.29) is 90.7 Å². The van der Waals surface area contributed by atoms with Crippen LogP contribution in [0.2, 0.25) is 0 Å². The van der Waals surface area contributed by atoms with Gasteiger partial charge in [-0.2, -0.15) is 9.97 Å². The molecule has 0 saturated carbocycles. The summed E-state index contributed by atoms with van der Waals surface area (Å²) >= 11 is 5.84. The molecule has 15 aliphatic rings. The Hall–Kier alpha value is -9.54. The summed E-state index contributed by atoms with van der Waals surface area (Å²) in [4.78, 5) is 144. The maximum absolute atomic E-state index is 12.4. The van der Waals surface area contributed by atoms with Crippen molar-refractivity contribution >= 4 is 76.3 Å². The fraction of sp³-hybridized carbons (Fsp3) is 0.649. The van der Waals surface area contributed by atoms with E-state index in [1.165, 1.54) is 110 Å². The lowest BCUT2D eigenvalue weighted by Crippen LogP contribution is -2.54. The quantitative estimate of drug-likeness (QED) is 0.0821. The van der Waals surface area contributed by atoms with Crippen LogP contribution < -0.4 is 22.8 Å². The number of aromatic nitrogens is 4. The van der Waals surface area contributed by atoms with Crippen LogP contribution in [0.1, 0.15) is 216 Å². The Bertz CT molecular complexity index is 5490. The molecular formula is C94H123ClN10O31. The minimum atomic E-state index is -1.89. The van der Waals surface area contributed by atoms with Crippen LogP contribution in [-0.2, 0) is 119 Å². The van der Waals surface area contributed by atoms with E-state index in [4.69, 9.17) is 118 Å². The largest absolute Gasteiger partial charge is 0.393 e. The molecule has 2 aromatic rings. The molecule has 17 heterocycles. The number of carbonyl (C=O) groups excluding carboxylic acids is 9. The predicted octanol–water partition coefficient (Wildman–Crippen LogP) is 4.32. The van der Waals surface area contributed by atoms with Crippen molar-refractivity contribution in [1.29, 1.82) is 0 Å². The lowest BCUT2D eigenvalue weighted by atomic mass is 9.85. The maximum atomic E-state index is 12.4. The summed E-state index contributed by atoms with van der Waals surface area (Å²) in [5, 5.41) is 39.7.